The number of carbonyl (C=O) groups is 2. The Morgan fingerprint density at radius 3 is 2.61 bits per heavy atom. The first-order chi connectivity index (χ1) is 11.0. The van der Waals surface area contributed by atoms with Gasteiger partial charge in [-0.15, -0.1) is 0 Å². The fourth-order valence-corrected chi connectivity index (χ4v) is 2.78. The molecule has 3 N–H and O–H groups in total. The Morgan fingerprint density at radius 2 is 2.00 bits per heavy atom. The molecule has 5 nitrogen and oxygen atoms in total. The van der Waals surface area contributed by atoms with Crippen molar-refractivity contribution in [2.75, 3.05) is 13.1 Å². The van der Waals surface area contributed by atoms with E-state index in [0.29, 0.717) is 32.4 Å². The average molecular weight is 321 g/mol. The lowest BCUT2D eigenvalue weighted by atomic mass is 10.0. The van der Waals surface area contributed by atoms with E-state index >= 15 is 0 Å². The van der Waals surface area contributed by atoms with Gasteiger partial charge in [0, 0.05) is 19.1 Å². The van der Waals surface area contributed by atoms with Crippen molar-refractivity contribution in [1.29, 1.82) is 0 Å². The first-order valence-electron chi connectivity index (χ1n) is 8.12. The molecule has 1 saturated heterocycles. The van der Waals surface area contributed by atoms with Crippen molar-refractivity contribution in [2.45, 2.75) is 44.7 Å². The maximum Gasteiger partial charge on any atom is 0.256 e. The van der Waals surface area contributed by atoms with Gasteiger partial charge in [-0.1, -0.05) is 25.5 Å². The first-order valence-corrected chi connectivity index (χ1v) is 8.12. The van der Waals surface area contributed by atoms with Crippen molar-refractivity contribution < 1.29 is 14.0 Å². The molecule has 1 aliphatic heterocycles. The van der Waals surface area contributed by atoms with Gasteiger partial charge >= 0.3 is 0 Å². The number of benzene rings is 1. The van der Waals surface area contributed by atoms with Crippen LogP contribution in [0.2, 0.25) is 0 Å². The van der Waals surface area contributed by atoms with Crippen LogP contribution in [0.3, 0.4) is 0 Å². The van der Waals surface area contributed by atoms with E-state index in [2.05, 4.69) is 5.32 Å². The first kappa shape index (κ1) is 17.4. The number of carbonyl (C=O) groups excluding carboxylic acids is 2. The number of nitrogens with two attached hydrogens (primary N) is 1. The average Bonchev–Trinajstić information content (AvgIpc) is 2.55. The molecule has 6 heteroatoms. The number of piperidine rings is 1. The monoisotopic (exact) mass is 321 g/mol. The molecule has 0 aliphatic carbocycles. The summed E-state index contributed by atoms with van der Waals surface area (Å²) in [4.78, 5) is 25.9. The summed E-state index contributed by atoms with van der Waals surface area (Å²) in [6, 6.07) is 5.55. The summed E-state index contributed by atoms with van der Waals surface area (Å²) in [5, 5.41) is 2.94. The van der Waals surface area contributed by atoms with Crippen molar-refractivity contribution in [3.63, 3.8) is 0 Å². The molecule has 126 valence electrons. The topological polar surface area (TPSA) is 75.4 Å². The Labute approximate surface area is 136 Å². The van der Waals surface area contributed by atoms with Crippen LogP contribution in [0.5, 0.6) is 0 Å². The van der Waals surface area contributed by atoms with E-state index < -0.39 is 11.9 Å². The predicted octanol–water partition coefficient (Wildman–Crippen LogP) is 1.67. The zero-order chi connectivity index (χ0) is 16.8. The second kappa shape index (κ2) is 8.06. The molecule has 1 atom stereocenters. The molecular weight excluding hydrogens is 297 g/mol. The van der Waals surface area contributed by atoms with E-state index in [9.17, 15) is 14.0 Å². The summed E-state index contributed by atoms with van der Waals surface area (Å²) in [5.41, 5.74) is 5.89. The molecule has 1 aromatic rings. The number of hydrogen-bond acceptors (Lipinski definition) is 3. The number of nitrogens with zero attached hydrogens (tertiary/aromatic N) is 1. The quantitative estimate of drug-likeness (QED) is 0.866. The van der Waals surface area contributed by atoms with Gasteiger partial charge in [-0.3, -0.25) is 9.59 Å². The number of amides is 2. The highest BCUT2D eigenvalue weighted by Crippen LogP contribution is 2.16. The van der Waals surface area contributed by atoms with E-state index in [-0.39, 0.29) is 23.4 Å². The fourth-order valence-electron chi connectivity index (χ4n) is 2.78. The molecule has 1 fully saturated rings. The van der Waals surface area contributed by atoms with E-state index in [1.165, 1.54) is 12.1 Å². The van der Waals surface area contributed by atoms with Crippen LogP contribution in [0.4, 0.5) is 4.39 Å². The van der Waals surface area contributed by atoms with Crippen LogP contribution in [0.15, 0.2) is 24.3 Å². The van der Waals surface area contributed by atoms with Crippen molar-refractivity contribution in [1.82, 2.24) is 10.2 Å². The van der Waals surface area contributed by atoms with Crippen LogP contribution in [0.1, 0.15) is 43.0 Å². The van der Waals surface area contributed by atoms with Gasteiger partial charge in [0.05, 0.1) is 11.6 Å². The Balaban J connectivity index is 1.85. The number of rotatable bonds is 5. The largest absolute Gasteiger partial charge is 0.352 e. The van der Waals surface area contributed by atoms with Crippen molar-refractivity contribution in [3.8, 4) is 0 Å². The molecule has 1 aromatic carbocycles. The maximum absolute atomic E-state index is 13.7. The highest BCUT2D eigenvalue weighted by Gasteiger charge is 2.26. The van der Waals surface area contributed by atoms with Crippen molar-refractivity contribution in [3.05, 3.63) is 35.6 Å². The lowest BCUT2D eigenvalue weighted by Gasteiger charge is -2.33. The summed E-state index contributed by atoms with van der Waals surface area (Å²) >= 11 is 0. The van der Waals surface area contributed by atoms with Gasteiger partial charge in [-0.25, -0.2) is 4.39 Å². The minimum Gasteiger partial charge on any atom is -0.352 e. The molecule has 1 heterocycles. The highest BCUT2D eigenvalue weighted by atomic mass is 19.1. The predicted molar refractivity (Wildman–Crippen MR) is 86.4 cm³/mol. The van der Waals surface area contributed by atoms with Gasteiger partial charge in [0.1, 0.15) is 5.82 Å². The Bertz CT molecular complexity index is 557. The summed E-state index contributed by atoms with van der Waals surface area (Å²) in [6.45, 7) is 2.99. The molecule has 0 bridgehead atoms. The van der Waals surface area contributed by atoms with Crippen LogP contribution in [-0.2, 0) is 4.79 Å². The van der Waals surface area contributed by atoms with Gasteiger partial charge in [0.15, 0.2) is 0 Å². The van der Waals surface area contributed by atoms with Crippen LogP contribution in [0.25, 0.3) is 0 Å². The van der Waals surface area contributed by atoms with Crippen LogP contribution in [0, 0.1) is 5.82 Å². The lowest BCUT2D eigenvalue weighted by molar-refractivity contribution is -0.123. The van der Waals surface area contributed by atoms with E-state index in [1.807, 2.05) is 6.92 Å². The number of likely N-dealkylation sites (tertiary alicyclic amines) is 1. The van der Waals surface area contributed by atoms with Crippen LogP contribution < -0.4 is 11.1 Å². The molecule has 2 rings (SSSR count). The van der Waals surface area contributed by atoms with E-state index in [0.717, 1.165) is 6.42 Å². The summed E-state index contributed by atoms with van der Waals surface area (Å²) < 4.78 is 13.7. The number of halogens is 1. The Hall–Kier alpha value is -1.95. The second-order valence-corrected chi connectivity index (χ2v) is 5.95. The minimum atomic E-state index is -0.501. The van der Waals surface area contributed by atoms with Crippen molar-refractivity contribution >= 4 is 11.8 Å². The van der Waals surface area contributed by atoms with E-state index in [4.69, 9.17) is 5.73 Å². The Kier molecular flexibility index (Phi) is 6.10. The Morgan fingerprint density at radius 1 is 1.35 bits per heavy atom. The van der Waals surface area contributed by atoms with Gasteiger partial charge < -0.3 is 16.0 Å². The normalized spacial score (nSPS) is 16.9. The molecule has 1 aliphatic rings. The minimum absolute atomic E-state index is 0.0232. The lowest BCUT2D eigenvalue weighted by Crippen LogP contribution is -2.50. The molecular formula is C17H24FN3O2. The van der Waals surface area contributed by atoms with Crippen LogP contribution >= 0.6 is 0 Å². The zero-order valence-electron chi connectivity index (χ0n) is 13.4. The van der Waals surface area contributed by atoms with Crippen molar-refractivity contribution in [2.24, 2.45) is 5.73 Å². The highest BCUT2D eigenvalue weighted by molar-refractivity contribution is 5.94. The fraction of sp³-hybridized carbons (Fsp3) is 0.529. The van der Waals surface area contributed by atoms with E-state index in [1.54, 1.807) is 17.0 Å². The molecule has 0 radical (unpaired) electrons. The molecule has 1 unspecified atom stereocenters. The second-order valence-electron chi connectivity index (χ2n) is 5.95. The third-order valence-electron chi connectivity index (χ3n) is 4.17. The number of nitrogens with one attached hydrogen (secondary N) is 1. The third kappa shape index (κ3) is 4.51. The smallest absolute Gasteiger partial charge is 0.256 e. The SMILES string of the molecule is CCCC(N)C(=O)NC1CCN(C(=O)c2ccccc2F)CC1. The van der Waals surface area contributed by atoms with Gasteiger partial charge in [-0.2, -0.15) is 0 Å². The van der Waals surface area contributed by atoms with Gasteiger partial charge in [0.25, 0.3) is 5.91 Å². The summed E-state index contributed by atoms with van der Waals surface area (Å²) in [5.74, 6) is -0.931. The standard InChI is InChI=1S/C17H24FN3O2/c1-2-5-15(19)16(22)20-12-8-10-21(11-9-12)17(23)13-6-3-4-7-14(13)18/h3-4,6-7,12,15H,2,5,8-11,19H2,1H3,(H,20,22). The molecule has 0 spiro atoms. The third-order valence-corrected chi connectivity index (χ3v) is 4.17. The number of hydrogen-bond donors (Lipinski definition) is 2. The molecule has 0 aromatic heterocycles. The summed E-state index contributed by atoms with van der Waals surface area (Å²) in [7, 11) is 0. The van der Waals surface area contributed by atoms with Gasteiger partial charge in [-0.05, 0) is 31.4 Å². The van der Waals surface area contributed by atoms with Crippen LogP contribution in [-0.4, -0.2) is 41.9 Å². The zero-order valence-corrected chi connectivity index (χ0v) is 13.4. The summed E-state index contributed by atoms with van der Waals surface area (Å²) in [6.07, 6.45) is 2.84. The molecule has 23 heavy (non-hydrogen) atoms. The maximum atomic E-state index is 13.7. The van der Waals surface area contributed by atoms with Gasteiger partial charge in [0.2, 0.25) is 5.91 Å². The molecule has 0 saturated carbocycles. The molecule has 2 amide bonds.